The molecule has 0 saturated carbocycles. The molecule has 0 amide bonds. The van der Waals surface area contributed by atoms with E-state index in [9.17, 15) is 9.59 Å². The molecule has 7 heteroatoms. The van der Waals surface area contributed by atoms with E-state index >= 15 is 0 Å². The van der Waals surface area contributed by atoms with E-state index in [1.165, 1.54) is 0 Å². The number of H-pyrrole nitrogens is 2. The van der Waals surface area contributed by atoms with Gasteiger partial charge in [0.05, 0.1) is 0 Å². The van der Waals surface area contributed by atoms with Gasteiger partial charge >= 0.3 is 5.69 Å². The van der Waals surface area contributed by atoms with Crippen LogP contribution in [0.15, 0.2) is 9.59 Å². The third kappa shape index (κ3) is 2.66. The van der Waals surface area contributed by atoms with Crippen molar-refractivity contribution < 1.29 is 0 Å². The number of hydrogen-bond acceptors (Lipinski definition) is 5. The van der Waals surface area contributed by atoms with Crippen LogP contribution in [0.25, 0.3) is 0 Å². The largest absolute Gasteiger partial charge is 0.358 e. The van der Waals surface area contributed by atoms with E-state index in [0.29, 0.717) is 0 Å². The summed E-state index contributed by atoms with van der Waals surface area (Å²) in [5.41, 5.74) is 4.04. The van der Waals surface area contributed by atoms with Gasteiger partial charge in [0, 0.05) is 11.6 Å². The standard InChI is InChI=1S/C8H15N5O2/c1-4(9)8(2,3)11-5-6(14)10-7(15)13-12-5/h4H,9H2,1-3H3,(H,11,12)(H2,10,13,14,15). The van der Waals surface area contributed by atoms with Gasteiger partial charge in [-0.05, 0) is 20.8 Å². The zero-order chi connectivity index (χ0) is 11.6. The first-order valence-corrected chi connectivity index (χ1v) is 4.55. The Balaban J connectivity index is 3.00. The van der Waals surface area contributed by atoms with Crippen LogP contribution >= 0.6 is 0 Å². The molecule has 1 aromatic rings. The molecule has 0 aliphatic carbocycles. The Kier molecular flexibility index (Phi) is 2.94. The first-order chi connectivity index (χ1) is 6.83. The molecule has 7 nitrogen and oxygen atoms in total. The maximum absolute atomic E-state index is 11.3. The monoisotopic (exact) mass is 213 g/mol. The summed E-state index contributed by atoms with van der Waals surface area (Å²) in [6.45, 7) is 5.49. The van der Waals surface area contributed by atoms with Crippen molar-refractivity contribution in [3.05, 3.63) is 20.8 Å². The molecule has 84 valence electrons. The SMILES string of the molecule is CC(N)C(C)(C)Nc1n[nH]c(=O)[nH]c1=O. The summed E-state index contributed by atoms with van der Waals surface area (Å²) in [5, 5.41) is 8.60. The molecule has 0 aliphatic rings. The van der Waals surface area contributed by atoms with Crippen LogP contribution in [0.2, 0.25) is 0 Å². The van der Waals surface area contributed by atoms with Crippen LogP contribution in [0.1, 0.15) is 20.8 Å². The molecule has 0 bridgehead atoms. The summed E-state index contributed by atoms with van der Waals surface area (Å²) in [4.78, 5) is 24.1. The molecule has 0 radical (unpaired) electrons. The zero-order valence-corrected chi connectivity index (χ0v) is 8.92. The summed E-state index contributed by atoms with van der Waals surface area (Å²) in [5.74, 6) is 0.0527. The van der Waals surface area contributed by atoms with E-state index in [0.717, 1.165) is 0 Å². The Morgan fingerprint density at radius 2 is 2.07 bits per heavy atom. The number of hydrogen-bond donors (Lipinski definition) is 4. The third-order valence-electron chi connectivity index (χ3n) is 2.29. The Hall–Kier alpha value is -1.63. The second-order valence-corrected chi connectivity index (χ2v) is 3.99. The van der Waals surface area contributed by atoms with Crippen molar-refractivity contribution >= 4 is 5.82 Å². The van der Waals surface area contributed by atoms with Gasteiger partial charge in [-0.1, -0.05) is 0 Å². The maximum atomic E-state index is 11.3. The van der Waals surface area contributed by atoms with Gasteiger partial charge in [0.15, 0.2) is 0 Å². The van der Waals surface area contributed by atoms with E-state index in [2.05, 4.69) is 20.5 Å². The van der Waals surface area contributed by atoms with E-state index in [1.807, 2.05) is 20.8 Å². The first-order valence-electron chi connectivity index (χ1n) is 4.55. The van der Waals surface area contributed by atoms with Gasteiger partial charge in [0.2, 0.25) is 5.82 Å². The van der Waals surface area contributed by atoms with Gasteiger partial charge in [-0.2, -0.15) is 0 Å². The van der Waals surface area contributed by atoms with E-state index in [1.54, 1.807) is 0 Å². The number of rotatable bonds is 3. The summed E-state index contributed by atoms with van der Waals surface area (Å²) in [6, 6.07) is -0.175. The number of aromatic amines is 2. The molecule has 1 rings (SSSR count). The average Bonchev–Trinajstić information content (AvgIpc) is 2.09. The number of aromatic nitrogens is 3. The summed E-state index contributed by atoms with van der Waals surface area (Å²) < 4.78 is 0. The molecule has 5 N–H and O–H groups in total. The minimum absolute atomic E-state index is 0.0527. The Morgan fingerprint density at radius 1 is 1.47 bits per heavy atom. The summed E-state index contributed by atoms with van der Waals surface area (Å²) in [7, 11) is 0. The second-order valence-electron chi connectivity index (χ2n) is 3.99. The fourth-order valence-corrected chi connectivity index (χ4v) is 0.851. The van der Waals surface area contributed by atoms with Gasteiger partial charge in [-0.15, -0.1) is 5.10 Å². The minimum Gasteiger partial charge on any atom is -0.358 e. The van der Waals surface area contributed by atoms with Gasteiger partial charge < -0.3 is 11.1 Å². The highest BCUT2D eigenvalue weighted by molar-refractivity contribution is 5.33. The molecule has 0 aromatic carbocycles. The summed E-state index contributed by atoms with van der Waals surface area (Å²) >= 11 is 0. The minimum atomic E-state index is -0.635. The molecule has 1 atom stereocenters. The third-order valence-corrected chi connectivity index (χ3v) is 2.29. The topological polar surface area (TPSA) is 117 Å². The van der Waals surface area contributed by atoms with Crippen molar-refractivity contribution in [3.63, 3.8) is 0 Å². The van der Waals surface area contributed by atoms with Crippen molar-refractivity contribution in [2.45, 2.75) is 32.4 Å². The molecule has 1 unspecified atom stereocenters. The molecule has 1 heterocycles. The van der Waals surface area contributed by atoms with Crippen molar-refractivity contribution in [1.29, 1.82) is 0 Å². The Labute approximate surface area is 86.1 Å². The fraction of sp³-hybridized carbons (Fsp3) is 0.625. The van der Waals surface area contributed by atoms with Crippen LogP contribution in [0.3, 0.4) is 0 Å². The number of nitrogens with one attached hydrogen (secondary N) is 3. The predicted octanol–water partition coefficient (Wildman–Crippen LogP) is -1.00. The lowest BCUT2D eigenvalue weighted by Gasteiger charge is -2.30. The molecule has 0 fully saturated rings. The molecule has 15 heavy (non-hydrogen) atoms. The molecule has 0 aliphatic heterocycles. The predicted molar refractivity (Wildman–Crippen MR) is 56.8 cm³/mol. The lowest BCUT2D eigenvalue weighted by Crippen LogP contribution is -2.48. The second kappa shape index (κ2) is 3.85. The number of nitrogens with two attached hydrogens (primary N) is 1. The number of anilines is 1. The van der Waals surface area contributed by atoms with Gasteiger partial charge in [0.1, 0.15) is 0 Å². The van der Waals surface area contributed by atoms with Crippen LogP contribution in [-0.2, 0) is 0 Å². The quantitative estimate of drug-likeness (QED) is 0.513. The van der Waals surface area contributed by atoms with Crippen molar-refractivity contribution in [1.82, 2.24) is 15.2 Å². The van der Waals surface area contributed by atoms with Gasteiger partial charge in [-0.3, -0.25) is 9.78 Å². The van der Waals surface area contributed by atoms with Gasteiger partial charge in [0.25, 0.3) is 5.56 Å². The number of nitrogens with zero attached hydrogens (tertiary/aromatic N) is 1. The molecular formula is C8H15N5O2. The lowest BCUT2D eigenvalue weighted by atomic mass is 9.97. The summed E-state index contributed by atoms with van der Waals surface area (Å²) in [6.07, 6.45) is 0. The first kappa shape index (κ1) is 11.4. The Bertz CT molecular complexity index is 445. The smallest absolute Gasteiger partial charge is 0.342 e. The fourth-order valence-electron chi connectivity index (χ4n) is 0.851. The van der Waals surface area contributed by atoms with E-state index in [4.69, 9.17) is 5.73 Å². The Morgan fingerprint density at radius 3 is 2.53 bits per heavy atom. The highest BCUT2D eigenvalue weighted by Crippen LogP contribution is 2.11. The molecular weight excluding hydrogens is 198 g/mol. The van der Waals surface area contributed by atoms with Crippen LogP contribution in [0.5, 0.6) is 0 Å². The molecule has 0 saturated heterocycles. The highest BCUT2D eigenvalue weighted by Gasteiger charge is 2.24. The molecule has 0 spiro atoms. The average molecular weight is 213 g/mol. The van der Waals surface area contributed by atoms with Crippen molar-refractivity contribution in [2.24, 2.45) is 5.73 Å². The highest BCUT2D eigenvalue weighted by atomic mass is 16.2. The normalized spacial score (nSPS) is 13.6. The van der Waals surface area contributed by atoms with Crippen LogP contribution in [0.4, 0.5) is 5.82 Å². The van der Waals surface area contributed by atoms with Crippen LogP contribution < -0.4 is 22.3 Å². The van der Waals surface area contributed by atoms with E-state index < -0.39 is 16.8 Å². The zero-order valence-electron chi connectivity index (χ0n) is 8.92. The maximum Gasteiger partial charge on any atom is 0.342 e. The van der Waals surface area contributed by atoms with Crippen molar-refractivity contribution in [2.75, 3.05) is 5.32 Å². The molecule has 1 aromatic heterocycles. The van der Waals surface area contributed by atoms with Gasteiger partial charge in [-0.25, -0.2) is 9.89 Å². The van der Waals surface area contributed by atoms with Crippen LogP contribution in [-0.4, -0.2) is 26.8 Å². The van der Waals surface area contributed by atoms with Crippen molar-refractivity contribution in [3.8, 4) is 0 Å². The lowest BCUT2D eigenvalue weighted by molar-refractivity contribution is 0.467. The van der Waals surface area contributed by atoms with Crippen LogP contribution in [0, 0.1) is 0 Å². The van der Waals surface area contributed by atoms with E-state index in [-0.39, 0.29) is 11.9 Å².